The average Bonchev–Trinajstić information content (AvgIpc) is 3.37. The second-order valence-corrected chi connectivity index (χ2v) is 6.65. The molecule has 0 saturated carbocycles. The Morgan fingerprint density at radius 2 is 2.10 bits per heavy atom. The van der Waals surface area contributed by atoms with Crippen LogP contribution >= 0.6 is 0 Å². The molecule has 0 atom stereocenters. The summed E-state index contributed by atoms with van der Waals surface area (Å²) in [5.74, 6) is -0.0584. The highest BCUT2D eigenvalue weighted by Crippen LogP contribution is 2.29. The van der Waals surface area contributed by atoms with Gasteiger partial charge in [0.15, 0.2) is 0 Å². The number of fused-ring (bicyclic) bond motifs is 2. The van der Waals surface area contributed by atoms with Gasteiger partial charge < -0.3 is 10.3 Å². The lowest BCUT2D eigenvalue weighted by Crippen LogP contribution is -2.09. The maximum Gasteiger partial charge on any atom is 0.224 e. The first kappa shape index (κ1) is 17.1. The zero-order chi connectivity index (χ0) is 19.8. The van der Waals surface area contributed by atoms with Crippen LogP contribution < -0.4 is 5.32 Å². The highest BCUT2D eigenvalue weighted by molar-refractivity contribution is 5.94. The van der Waals surface area contributed by atoms with Gasteiger partial charge in [-0.2, -0.15) is 5.10 Å². The van der Waals surface area contributed by atoms with Crippen molar-refractivity contribution in [3.63, 3.8) is 0 Å². The van der Waals surface area contributed by atoms with Crippen molar-refractivity contribution >= 4 is 33.7 Å². The van der Waals surface area contributed by atoms with Crippen LogP contribution in [0, 0.1) is 0 Å². The van der Waals surface area contributed by atoms with E-state index in [1.165, 1.54) is 0 Å². The van der Waals surface area contributed by atoms with Gasteiger partial charge in [0.25, 0.3) is 0 Å². The van der Waals surface area contributed by atoms with Crippen molar-refractivity contribution in [3.05, 3.63) is 55.0 Å². The predicted molar refractivity (Wildman–Crippen MR) is 111 cm³/mol. The second-order valence-electron chi connectivity index (χ2n) is 6.65. The number of amides is 1. The molecular weight excluding hydrogens is 366 g/mol. The summed E-state index contributed by atoms with van der Waals surface area (Å²) in [4.78, 5) is 28.3. The molecule has 29 heavy (non-hydrogen) atoms. The topological polar surface area (TPSA) is 112 Å². The van der Waals surface area contributed by atoms with Gasteiger partial charge in [0, 0.05) is 29.8 Å². The Morgan fingerprint density at radius 1 is 1.17 bits per heavy atom. The van der Waals surface area contributed by atoms with Crippen LogP contribution in [-0.2, 0) is 4.79 Å². The van der Waals surface area contributed by atoms with E-state index in [-0.39, 0.29) is 5.91 Å². The number of H-pyrrole nitrogens is 2. The first-order valence-electron chi connectivity index (χ1n) is 9.26. The fourth-order valence-corrected chi connectivity index (χ4v) is 3.23. The summed E-state index contributed by atoms with van der Waals surface area (Å²) in [6.45, 7) is 1.81. The van der Waals surface area contributed by atoms with Crippen molar-refractivity contribution in [2.45, 2.75) is 13.3 Å². The molecule has 8 nitrogen and oxygen atoms in total. The molecule has 5 aromatic heterocycles. The largest absolute Gasteiger partial charge is 0.338 e. The number of anilines is 1. The Balaban J connectivity index is 1.58. The predicted octanol–water partition coefficient (Wildman–Crippen LogP) is 3.91. The van der Waals surface area contributed by atoms with Gasteiger partial charge in [-0.3, -0.25) is 14.9 Å². The zero-order valence-electron chi connectivity index (χ0n) is 15.6. The maximum absolute atomic E-state index is 11.7. The van der Waals surface area contributed by atoms with Crippen molar-refractivity contribution in [1.29, 1.82) is 0 Å². The summed E-state index contributed by atoms with van der Waals surface area (Å²) in [5, 5.41) is 11.3. The monoisotopic (exact) mass is 383 g/mol. The van der Waals surface area contributed by atoms with Crippen LogP contribution in [0.2, 0.25) is 0 Å². The number of nitrogens with one attached hydrogen (secondary N) is 3. The third-order valence-electron chi connectivity index (χ3n) is 4.69. The highest BCUT2D eigenvalue weighted by atomic mass is 16.1. The summed E-state index contributed by atoms with van der Waals surface area (Å²) in [7, 11) is 0. The molecular formula is C21H17N7O. The maximum atomic E-state index is 11.7. The first-order valence-corrected chi connectivity index (χ1v) is 9.26. The van der Waals surface area contributed by atoms with Crippen molar-refractivity contribution in [2.75, 3.05) is 5.32 Å². The van der Waals surface area contributed by atoms with E-state index in [2.05, 4.69) is 30.5 Å². The molecule has 0 fully saturated rings. The normalized spacial score (nSPS) is 11.2. The minimum Gasteiger partial charge on any atom is -0.338 e. The smallest absolute Gasteiger partial charge is 0.224 e. The third-order valence-corrected chi connectivity index (χ3v) is 4.69. The first-order chi connectivity index (χ1) is 14.2. The molecule has 0 aliphatic rings. The molecule has 5 aromatic rings. The number of nitrogens with zero attached hydrogens (tertiary/aromatic N) is 4. The van der Waals surface area contributed by atoms with E-state index in [4.69, 9.17) is 4.98 Å². The Labute approximate surface area is 165 Å². The molecule has 0 saturated heterocycles. The van der Waals surface area contributed by atoms with E-state index in [1.807, 2.05) is 43.3 Å². The van der Waals surface area contributed by atoms with Crippen molar-refractivity contribution < 1.29 is 4.79 Å². The fourth-order valence-electron chi connectivity index (χ4n) is 3.23. The number of hydrogen-bond acceptors (Lipinski definition) is 5. The van der Waals surface area contributed by atoms with Crippen molar-refractivity contribution in [1.82, 2.24) is 30.1 Å². The van der Waals surface area contributed by atoms with E-state index in [0.29, 0.717) is 12.1 Å². The Kier molecular flexibility index (Phi) is 4.02. The molecule has 0 unspecified atom stereocenters. The van der Waals surface area contributed by atoms with Crippen LogP contribution in [0.3, 0.4) is 0 Å². The summed E-state index contributed by atoms with van der Waals surface area (Å²) < 4.78 is 0. The molecule has 5 heterocycles. The molecule has 3 N–H and O–H groups in total. The van der Waals surface area contributed by atoms with Gasteiger partial charge in [-0.15, -0.1) is 0 Å². The molecule has 0 bridgehead atoms. The molecule has 5 rings (SSSR count). The molecule has 0 aliphatic carbocycles. The molecule has 1 amide bonds. The number of aromatic nitrogens is 6. The summed E-state index contributed by atoms with van der Waals surface area (Å²) in [6.07, 6.45) is 5.50. The number of aromatic amines is 2. The van der Waals surface area contributed by atoms with Gasteiger partial charge in [0.2, 0.25) is 5.91 Å². The number of carbonyl (C=O) groups is 1. The van der Waals surface area contributed by atoms with Crippen molar-refractivity contribution in [3.8, 4) is 22.6 Å². The Morgan fingerprint density at radius 3 is 2.97 bits per heavy atom. The lowest BCUT2D eigenvalue weighted by atomic mass is 10.1. The van der Waals surface area contributed by atoms with Crippen LogP contribution in [0.1, 0.15) is 13.3 Å². The van der Waals surface area contributed by atoms with E-state index in [9.17, 15) is 4.79 Å². The van der Waals surface area contributed by atoms with Crippen LogP contribution in [0.15, 0.2) is 55.0 Å². The number of pyridine rings is 3. The van der Waals surface area contributed by atoms with Crippen LogP contribution in [-0.4, -0.2) is 36.0 Å². The molecule has 0 radical (unpaired) electrons. The summed E-state index contributed by atoms with van der Waals surface area (Å²) >= 11 is 0. The van der Waals surface area contributed by atoms with Gasteiger partial charge in [-0.05, 0) is 36.4 Å². The Bertz CT molecular complexity index is 1320. The van der Waals surface area contributed by atoms with Crippen LogP contribution in [0.4, 0.5) is 5.69 Å². The number of carbonyl (C=O) groups excluding carboxylic acids is 1. The van der Waals surface area contributed by atoms with Gasteiger partial charge in [0.05, 0.1) is 28.8 Å². The van der Waals surface area contributed by atoms with E-state index < -0.39 is 0 Å². The standard InChI is InChI=1S/C21H17N7O/c1-2-18(29)24-14-8-13(10-22-11-14)15-5-6-16-19(25-15)20(28-27-16)17-9-12-4-3-7-23-21(12)26-17/h3-11H,2H2,1H3,(H,23,26)(H,24,29)(H,27,28). The number of hydrogen-bond donors (Lipinski definition) is 3. The quantitative estimate of drug-likeness (QED) is 0.435. The molecule has 8 heteroatoms. The minimum atomic E-state index is -0.0584. The Hall–Kier alpha value is -4.07. The lowest BCUT2D eigenvalue weighted by molar-refractivity contribution is -0.115. The SMILES string of the molecule is CCC(=O)Nc1cncc(-c2ccc3[nH]nc(-c4cc5cccnc5[nH]4)c3n2)c1. The molecule has 0 aliphatic heterocycles. The summed E-state index contributed by atoms with van der Waals surface area (Å²) in [6, 6.07) is 11.6. The van der Waals surface area contributed by atoms with Gasteiger partial charge in [-0.1, -0.05) is 6.92 Å². The van der Waals surface area contributed by atoms with E-state index in [0.717, 1.165) is 44.7 Å². The van der Waals surface area contributed by atoms with Crippen molar-refractivity contribution in [2.24, 2.45) is 0 Å². The average molecular weight is 383 g/mol. The fraction of sp³-hybridized carbons (Fsp3) is 0.0952. The van der Waals surface area contributed by atoms with Gasteiger partial charge >= 0.3 is 0 Å². The minimum absolute atomic E-state index is 0.0584. The molecule has 0 aromatic carbocycles. The van der Waals surface area contributed by atoms with E-state index >= 15 is 0 Å². The van der Waals surface area contributed by atoms with Crippen LogP contribution in [0.5, 0.6) is 0 Å². The second kappa shape index (κ2) is 6.83. The molecule has 0 spiro atoms. The molecule has 142 valence electrons. The van der Waals surface area contributed by atoms with Gasteiger partial charge in [-0.25, -0.2) is 9.97 Å². The number of rotatable bonds is 4. The third kappa shape index (κ3) is 3.10. The highest BCUT2D eigenvalue weighted by Gasteiger charge is 2.14. The zero-order valence-corrected chi connectivity index (χ0v) is 15.6. The van der Waals surface area contributed by atoms with Gasteiger partial charge in [0.1, 0.15) is 16.9 Å². The lowest BCUT2D eigenvalue weighted by Gasteiger charge is -2.06. The van der Waals surface area contributed by atoms with Crippen LogP contribution in [0.25, 0.3) is 44.7 Å². The van der Waals surface area contributed by atoms with E-state index in [1.54, 1.807) is 18.6 Å². The summed E-state index contributed by atoms with van der Waals surface area (Å²) in [5.41, 5.74) is 6.15.